The summed E-state index contributed by atoms with van der Waals surface area (Å²) in [5, 5.41) is 8.00. The Hall–Kier alpha value is -4.10. The summed E-state index contributed by atoms with van der Waals surface area (Å²) in [7, 11) is 0. The van der Waals surface area contributed by atoms with Crippen molar-refractivity contribution in [2.24, 2.45) is 0 Å². The molecule has 0 bridgehead atoms. The van der Waals surface area contributed by atoms with Crippen LogP contribution in [0.15, 0.2) is 121 Å². The second-order valence-corrected chi connectivity index (χ2v) is 9.48. The van der Waals surface area contributed by atoms with Gasteiger partial charge in [-0.15, -0.1) is 0 Å². The van der Waals surface area contributed by atoms with Crippen molar-refractivity contribution in [2.75, 3.05) is 5.73 Å². The summed E-state index contributed by atoms with van der Waals surface area (Å²) < 4.78 is 0. The van der Waals surface area contributed by atoms with E-state index in [1.165, 1.54) is 62.7 Å². The quantitative estimate of drug-likeness (QED) is 0.196. The lowest BCUT2D eigenvalue weighted by Crippen LogP contribution is -2.11. The van der Waals surface area contributed by atoms with Crippen molar-refractivity contribution in [3.05, 3.63) is 138 Å². The zero-order chi connectivity index (χ0) is 23.6. The van der Waals surface area contributed by atoms with Gasteiger partial charge in [0.2, 0.25) is 0 Å². The van der Waals surface area contributed by atoms with Gasteiger partial charge < -0.3 is 5.73 Å². The lowest BCUT2D eigenvalue weighted by Gasteiger charge is -2.27. The molecule has 0 radical (unpaired) electrons. The molecule has 0 heterocycles. The minimum atomic E-state index is 0.547. The predicted molar refractivity (Wildman–Crippen MR) is 151 cm³/mol. The van der Waals surface area contributed by atoms with Crippen molar-refractivity contribution < 1.29 is 0 Å². The number of anilines is 1. The molecule has 1 atom stereocenters. The second kappa shape index (κ2) is 9.27. The monoisotopic (exact) mass is 451 g/mol. The van der Waals surface area contributed by atoms with E-state index in [1.807, 2.05) is 30.3 Å². The molecule has 170 valence electrons. The van der Waals surface area contributed by atoms with Gasteiger partial charge in [-0.1, -0.05) is 109 Å². The zero-order valence-corrected chi connectivity index (χ0v) is 19.8. The van der Waals surface area contributed by atoms with E-state index in [9.17, 15) is 0 Å². The summed E-state index contributed by atoms with van der Waals surface area (Å²) in [5.41, 5.74) is 11.0. The molecule has 6 aromatic rings. The van der Waals surface area contributed by atoms with Gasteiger partial charge in [0.05, 0.1) is 0 Å². The van der Waals surface area contributed by atoms with Gasteiger partial charge in [0, 0.05) is 11.6 Å². The number of aryl methyl sites for hydroxylation is 1. The summed E-state index contributed by atoms with van der Waals surface area (Å²) in [4.78, 5) is 0. The molecular weight excluding hydrogens is 422 g/mol. The summed E-state index contributed by atoms with van der Waals surface area (Å²) in [6, 6.07) is 43.2. The van der Waals surface area contributed by atoms with Crippen molar-refractivity contribution in [2.45, 2.75) is 25.2 Å². The first kappa shape index (κ1) is 21.4. The lowest BCUT2D eigenvalue weighted by atomic mass is 9.77. The SMILES string of the molecule is Nc1ccc2ccccc2c1.c1ccc(C2CCCc3c2ccc2c3ccc3ccccc32)cc1. The van der Waals surface area contributed by atoms with Crippen molar-refractivity contribution in [1.82, 2.24) is 0 Å². The highest BCUT2D eigenvalue weighted by atomic mass is 14.5. The van der Waals surface area contributed by atoms with Gasteiger partial charge in [-0.05, 0) is 80.4 Å². The minimum Gasteiger partial charge on any atom is -0.399 e. The van der Waals surface area contributed by atoms with E-state index in [2.05, 4.69) is 91.0 Å². The largest absolute Gasteiger partial charge is 0.399 e. The molecule has 1 heteroatoms. The van der Waals surface area contributed by atoms with Crippen molar-refractivity contribution in [3.63, 3.8) is 0 Å². The standard InChI is InChI=1S/C24H20.C10H9N/c1-2-7-17(8-3-1)20-11-6-12-21-22(20)15-16-23-19-10-5-4-9-18(19)13-14-24(21)23;11-10-6-5-8-3-1-2-4-9(8)7-10/h1-5,7-10,13-16,20H,6,11-12H2;1-7H,11H2. The Morgan fingerprint density at radius 1 is 0.543 bits per heavy atom. The molecular formula is C34H29N. The lowest BCUT2D eigenvalue weighted by molar-refractivity contribution is 0.619. The minimum absolute atomic E-state index is 0.547. The van der Waals surface area contributed by atoms with E-state index >= 15 is 0 Å². The molecule has 7 rings (SSSR count). The first-order chi connectivity index (χ1) is 17.3. The van der Waals surface area contributed by atoms with Gasteiger partial charge in [0.15, 0.2) is 0 Å². The molecule has 6 aromatic carbocycles. The summed E-state index contributed by atoms with van der Waals surface area (Å²) >= 11 is 0. The third kappa shape index (κ3) is 4.15. The van der Waals surface area contributed by atoms with Gasteiger partial charge in [-0.25, -0.2) is 0 Å². The molecule has 0 saturated carbocycles. The highest BCUT2D eigenvalue weighted by Crippen LogP contribution is 2.41. The van der Waals surface area contributed by atoms with Crippen LogP contribution >= 0.6 is 0 Å². The van der Waals surface area contributed by atoms with E-state index in [4.69, 9.17) is 5.73 Å². The predicted octanol–water partition coefficient (Wildman–Crippen LogP) is 8.88. The van der Waals surface area contributed by atoms with Gasteiger partial charge in [0.25, 0.3) is 0 Å². The van der Waals surface area contributed by atoms with Crippen LogP contribution in [-0.2, 0) is 6.42 Å². The third-order valence-corrected chi connectivity index (χ3v) is 7.34. The number of fused-ring (bicyclic) bond motifs is 6. The Kier molecular flexibility index (Phi) is 5.68. The van der Waals surface area contributed by atoms with Crippen LogP contribution in [0.25, 0.3) is 32.3 Å². The molecule has 0 amide bonds. The fourth-order valence-electron chi connectivity index (χ4n) is 5.65. The fourth-order valence-corrected chi connectivity index (χ4v) is 5.65. The molecule has 1 aliphatic carbocycles. The number of nitrogen functional groups attached to an aromatic ring is 1. The Balaban J connectivity index is 0.000000174. The summed E-state index contributed by atoms with van der Waals surface area (Å²) in [6.07, 6.45) is 3.74. The van der Waals surface area contributed by atoms with E-state index in [0.29, 0.717) is 5.92 Å². The van der Waals surface area contributed by atoms with Gasteiger partial charge >= 0.3 is 0 Å². The van der Waals surface area contributed by atoms with Gasteiger partial charge in [-0.2, -0.15) is 0 Å². The molecule has 1 unspecified atom stereocenters. The number of nitrogens with two attached hydrogens (primary N) is 1. The van der Waals surface area contributed by atoms with Crippen LogP contribution in [-0.4, -0.2) is 0 Å². The second-order valence-electron chi connectivity index (χ2n) is 9.48. The summed E-state index contributed by atoms with van der Waals surface area (Å²) in [5.74, 6) is 0.547. The maximum absolute atomic E-state index is 5.62. The van der Waals surface area contributed by atoms with E-state index in [0.717, 1.165) is 5.69 Å². The molecule has 1 aliphatic rings. The van der Waals surface area contributed by atoms with Crippen LogP contribution in [0.5, 0.6) is 0 Å². The Morgan fingerprint density at radius 3 is 2.09 bits per heavy atom. The van der Waals surface area contributed by atoms with Crippen LogP contribution in [0.3, 0.4) is 0 Å². The molecule has 1 nitrogen and oxygen atoms in total. The Bertz CT molecular complexity index is 1630. The molecule has 0 aliphatic heterocycles. The van der Waals surface area contributed by atoms with Crippen LogP contribution in [0.1, 0.15) is 35.4 Å². The average molecular weight is 452 g/mol. The zero-order valence-electron chi connectivity index (χ0n) is 19.8. The first-order valence-corrected chi connectivity index (χ1v) is 12.5. The Labute approximate surface area is 206 Å². The smallest absolute Gasteiger partial charge is 0.0320 e. The topological polar surface area (TPSA) is 26.0 Å². The summed E-state index contributed by atoms with van der Waals surface area (Å²) in [6.45, 7) is 0. The number of benzene rings is 6. The van der Waals surface area contributed by atoms with E-state index in [1.54, 1.807) is 5.56 Å². The molecule has 0 spiro atoms. The molecule has 35 heavy (non-hydrogen) atoms. The van der Waals surface area contributed by atoms with Gasteiger partial charge in [0.1, 0.15) is 0 Å². The number of hydrogen-bond donors (Lipinski definition) is 1. The highest BCUT2D eigenvalue weighted by molar-refractivity contribution is 6.08. The fraction of sp³-hybridized carbons (Fsp3) is 0.118. The number of rotatable bonds is 1. The molecule has 0 saturated heterocycles. The van der Waals surface area contributed by atoms with E-state index < -0.39 is 0 Å². The molecule has 0 fully saturated rings. The maximum atomic E-state index is 5.62. The molecule has 2 N–H and O–H groups in total. The van der Waals surface area contributed by atoms with Gasteiger partial charge in [-0.3, -0.25) is 0 Å². The normalized spacial score (nSPS) is 14.9. The first-order valence-electron chi connectivity index (χ1n) is 12.5. The maximum Gasteiger partial charge on any atom is 0.0320 e. The molecule has 0 aromatic heterocycles. The number of hydrogen-bond acceptors (Lipinski definition) is 1. The highest BCUT2D eigenvalue weighted by Gasteiger charge is 2.23. The van der Waals surface area contributed by atoms with Crippen LogP contribution < -0.4 is 5.73 Å². The van der Waals surface area contributed by atoms with E-state index in [-0.39, 0.29) is 0 Å². The average Bonchev–Trinajstić information content (AvgIpc) is 2.93. The van der Waals surface area contributed by atoms with Crippen LogP contribution in [0.2, 0.25) is 0 Å². The Morgan fingerprint density at radius 2 is 1.23 bits per heavy atom. The third-order valence-electron chi connectivity index (χ3n) is 7.34. The van der Waals surface area contributed by atoms with Crippen molar-refractivity contribution >= 4 is 38.0 Å². The van der Waals surface area contributed by atoms with Crippen molar-refractivity contribution in [1.29, 1.82) is 0 Å². The van der Waals surface area contributed by atoms with Crippen LogP contribution in [0, 0.1) is 0 Å². The van der Waals surface area contributed by atoms with Crippen molar-refractivity contribution in [3.8, 4) is 0 Å². The van der Waals surface area contributed by atoms with Crippen LogP contribution in [0.4, 0.5) is 5.69 Å².